The molecule has 3 rings (SSSR count). The van der Waals surface area contributed by atoms with Gasteiger partial charge in [-0.1, -0.05) is 12.1 Å². The number of benzene rings is 1. The lowest BCUT2D eigenvalue weighted by atomic mass is 10.1. The second-order valence-electron chi connectivity index (χ2n) is 4.93. The first-order chi connectivity index (χ1) is 10.6. The third-order valence-corrected chi connectivity index (χ3v) is 3.33. The van der Waals surface area contributed by atoms with Crippen molar-refractivity contribution in [3.8, 4) is 0 Å². The lowest BCUT2D eigenvalue weighted by Gasteiger charge is -2.08. The molecule has 110 valence electrons. The molecule has 6 heteroatoms. The Morgan fingerprint density at radius 3 is 2.77 bits per heavy atom. The molecule has 0 aliphatic carbocycles. The minimum atomic E-state index is -0.290. The number of nitrogens with one attached hydrogen (secondary N) is 1. The molecule has 22 heavy (non-hydrogen) atoms. The van der Waals surface area contributed by atoms with Gasteiger partial charge in [0.25, 0.3) is 5.56 Å². The van der Waals surface area contributed by atoms with Gasteiger partial charge in [0.2, 0.25) is 5.91 Å². The van der Waals surface area contributed by atoms with Crippen molar-refractivity contribution in [2.45, 2.75) is 13.5 Å². The van der Waals surface area contributed by atoms with Gasteiger partial charge in [-0.3, -0.25) is 19.1 Å². The van der Waals surface area contributed by atoms with Crippen LogP contribution in [0.15, 0.2) is 53.8 Å². The molecular formula is C16H14N4O2. The van der Waals surface area contributed by atoms with E-state index in [1.807, 2.05) is 19.1 Å². The van der Waals surface area contributed by atoms with E-state index in [1.54, 1.807) is 30.6 Å². The minimum absolute atomic E-state index is 0.0853. The predicted molar refractivity (Wildman–Crippen MR) is 83.6 cm³/mol. The zero-order valence-corrected chi connectivity index (χ0v) is 12.0. The summed E-state index contributed by atoms with van der Waals surface area (Å²) in [7, 11) is 0. The van der Waals surface area contributed by atoms with Crippen LogP contribution in [0.5, 0.6) is 0 Å². The molecule has 1 aromatic carbocycles. The number of carbonyl (C=O) groups is 1. The number of hydrogen-bond donors (Lipinski definition) is 1. The van der Waals surface area contributed by atoms with Crippen LogP contribution >= 0.6 is 0 Å². The number of pyridine rings is 1. The molecular weight excluding hydrogens is 280 g/mol. The van der Waals surface area contributed by atoms with Crippen molar-refractivity contribution in [3.05, 3.63) is 65.0 Å². The molecule has 0 atom stereocenters. The molecule has 0 bridgehead atoms. The average Bonchev–Trinajstić information content (AvgIpc) is 2.52. The van der Waals surface area contributed by atoms with Crippen molar-refractivity contribution in [1.82, 2.24) is 14.5 Å². The van der Waals surface area contributed by atoms with Crippen molar-refractivity contribution >= 4 is 22.5 Å². The van der Waals surface area contributed by atoms with E-state index >= 15 is 0 Å². The lowest BCUT2D eigenvalue weighted by Crippen LogP contribution is -2.28. The molecule has 0 radical (unpaired) electrons. The fraction of sp³-hybridized carbons (Fsp3) is 0.125. The quantitative estimate of drug-likeness (QED) is 0.798. The van der Waals surface area contributed by atoms with Gasteiger partial charge in [0.05, 0.1) is 17.2 Å². The van der Waals surface area contributed by atoms with Gasteiger partial charge in [-0.25, -0.2) is 4.98 Å². The SMILES string of the molecule is Cc1cccc2c(=O)n(CC(=O)Nc3ccncc3)cnc12. The zero-order chi connectivity index (χ0) is 15.5. The van der Waals surface area contributed by atoms with E-state index < -0.39 is 0 Å². The van der Waals surface area contributed by atoms with Gasteiger partial charge in [0.15, 0.2) is 0 Å². The Bertz CT molecular complexity index is 888. The topological polar surface area (TPSA) is 76.9 Å². The molecule has 0 unspecified atom stereocenters. The molecule has 0 aliphatic heterocycles. The Hall–Kier alpha value is -3.02. The third kappa shape index (κ3) is 2.71. The lowest BCUT2D eigenvalue weighted by molar-refractivity contribution is -0.116. The van der Waals surface area contributed by atoms with Gasteiger partial charge in [-0.05, 0) is 30.7 Å². The first kappa shape index (κ1) is 13.9. The second-order valence-corrected chi connectivity index (χ2v) is 4.93. The maximum Gasteiger partial charge on any atom is 0.261 e. The van der Waals surface area contributed by atoms with E-state index in [0.29, 0.717) is 16.6 Å². The van der Waals surface area contributed by atoms with Gasteiger partial charge in [-0.2, -0.15) is 0 Å². The summed E-state index contributed by atoms with van der Waals surface area (Å²) in [5.41, 5.74) is 2.01. The molecule has 0 aliphatic rings. The van der Waals surface area contributed by atoms with E-state index in [0.717, 1.165) is 5.56 Å². The molecule has 3 aromatic rings. The average molecular weight is 294 g/mol. The van der Waals surface area contributed by atoms with E-state index in [9.17, 15) is 9.59 Å². The van der Waals surface area contributed by atoms with Crippen LogP contribution in [-0.2, 0) is 11.3 Å². The molecule has 1 amide bonds. The van der Waals surface area contributed by atoms with Crippen LogP contribution in [0.2, 0.25) is 0 Å². The van der Waals surface area contributed by atoms with Crippen molar-refractivity contribution in [3.63, 3.8) is 0 Å². The fourth-order valence-corrected chi connectivity index (χ4v) is 2.24. The normalized spacial score (nSPS) is 10.6. The van der Waals surface area contributed by atoms with Crippen molar-refractivity contribution in [2.24, 2.45) is 0 Å². The maximum atomic E-state index is 12.4. The highest BCUT2D eigenvalue weighted by Gasteiger charge is 2.09. The van der Waals surface area contributed by atoms with Crippen molar-refractivity contribution < 1.29 is 4.79 Å². The number of para-hydroxylation sites is 1. The Kier molecular flexibility index (Phi) is 3.65. The maximum absolute atomic E-state index is 12.4. The first-order valence-electron chi connectivity index (χ1n) is 6.80. The van der Waals surface area contributed by atoms with Gasteiger partial charge in [0, 0.05) is 18.1 Å². The van der Waals surface area contributed by atoms with E-state index in [4.69, 9.17) is 0 Å². The highest BCUT2D eigenvalue weighted by atomic mass is 16.2. The van der Waals surface area contributed by atoms with Crippen molar-refractivity contribution in [1.29, 1.82) is 0 Å². The number of hydrogen-bond acceptors (Lipinski definition) is 4. The first-order valence-corrected chi connectivity index (χ1v) is 6.80. The summed E-state index contributed by atoms with van der Waals surface area (Å²) in [4.78, 5) is 32.6. The third-order valence-electron chi connectivity index (χ3n) is 3.33. The smallest absolute Gasteiger partial charge is 0.261 e. The summed E-state index contributed by atoms with van der Waals surface area (Å²) in [6.07, 6.45) is 4.58. The number of aryl methyl sites for hydroxylation is 1. The summed E-state index contributed by atoms with van der Waals surface area (Å²) in [6.45, 7) is 1.81. The highest BCUT2D eigenvalue weighted by molar-refractivity contribution is 5.90. The van der Waals surface area contributed by atoms with Crippen molar-refractivity contribution in [2.75, 3.05) is 5.32 Å². The highest BCUT2D eigenvalue weighted by Crippen LogP contribution is 2.11. The summed E-state index contributed by atoms with van der Waals surface area (Å²) >= 11 is 0. The summed E-state index contributed by atoms with van der Waals surface area (Å²) in [6, 6.07) is 8.79. The van der Waals surface area contributed by atoms with Crippen LogP contribution < -0.4 is 10.9 Å². The fourth-order valence-electron chi connectivity index (χ4n) is 2.24. The number of rotatable bonds is 3. The Morgan fingerprint density at radius 2 is 2.00 bits per heavy atom. The summed E-state index contributed by atoms with van der Waals surface area (Å²) in [5, 5.41) is 3.22. The number of aromatic nitrogens is 3. The molecule has 0 saturated heterocycles. The Balaban J connectivity index is 1.87. The van der Waals surface area contributed by atoms with E-state index in [1.165, 1.54) is 10.9 Å². The van der Waals surface area contributed by atoms with E-state index in [-0.39, 0.29) is 18.0 Å². The Morgan fingerprint density at radius 1 is 1.23 bits per heavy atom. The number of anilines is 1. The van der Waals surface area contributed by atoms with Gasteiger partial charge >= 0.3 is 0 Å². The number of nitrogens with zero attached hydrogens (tertiary/aromatic N) is 3. The van der Waals surface area contributed by atoms with Crippen LogP contribution in [0.1, 0.15) is 5.56 Å². The molecule has 0 fully saturated rings. The van der Waals surface area contributed by atoms with Gasteiger partial charge < -0.3 is 5.32 Å². The summed E-state index contributed by atoms with van der Waals surface area (Å²) in [5.74, 6) is -0.290. The molecule has 0 saturated carbocycles. The van der Waals surface area contributed by atoms with Gasteiger partial charge in [-0.15, -0.1) is 0 Å². The minimum Gasteiger partial charge on any atom is -0.324 e. The molecule has 6 nitrogen and oxygen atoms in total. The summed E-state index contributed by atoms with van der Waals surface area (Å²) < 4.78 is 1.30. The van der Waals surface area contributed by atoms with Crippen LogP contribution in [-0.4, -0.2) is 20.4 Å². The standard InChI is InChI=1S/C16H14N4O2/c1-11-3-2-4-13-15(11)18-10-20(16(13)22)9-14(21)19-12-5-7-17-8-6-12/h2-8,10H,9H2,1H3,(H,17,19,21). The largest absolute Gasteiger partial charge is 0.324 e. The van der Waals surface area contributed by atoms with Crippen LogP contribution in [0.25, 0.3) is 10.9 Å². The number of amides is 1. The van der Waals surface area contributed by atoms with Crippen LogP contribution in [0, 0.1) is 6.92 Å². The van der Waals surface area contributed by atoms with Crippen LogP contribution in [0.4, 0.5) is 5.69 Å². The monoisotopic (exact) mass is 294 g/mol. The Labute approximate surface area is 126 Å². The molecule has 1 N–H and O–H groups in total. The second kappa shape index (κ2) is 5.77. The van der Waals surface area contributed by atoms with E-state index in [2.05, 4.69) is 15.3 Å². The molecule has 2 aromatic heterocycles. The molecule has 0 spiro atoms. The number of carbonyl (C=O) groups excluding carboxylic acids is 1. The van der Waals surface area contributed by atoms with Crippen LogP contribution in [0.3, 0.4) is 0 Å². The molecule has 2 heterocycles. The predicted octanol–water partition coefficient (Wildman–Crippen LogP) is 1.74. The zero-order valence-electron chi connectivity index (χ0n) is 12.0. The number of fused-ring (bicyclic) bond motifs is 1. The van der Waals surface area contributed by atoms with Gasteiger partial charge in [0.1, 0.15) is 6.54 Å².